The summed E-state index contributed by atoms with van der Waals surface area (Å²) in [6.45, 7) is 16.5. The van der Waals surface area contributed by atoms with E-state index in [1.54, 1.807) is 0 Å². The van der Waals surface area contributed by atoms with Crippen molar-refractivity contribution in [3.05, 3.63) is 0 Å². The van der Waals surface area contributed by atoms with Gasteiger partial charge in [-0.1, -0.05) is 39.4 Å². The van der Waals surface area contributed by atoms with Crippen molar-refractivity contribution in [3.8, 4) is 0 Å². The van der Waals surface area contributed by atoms with E-state index in [0.717, 1.165) is 51.7 Å². The minimum Gasteiger partial charge on any atom is -0.393 e. The highest BCUT2D eigenvalue weighted by molar-refractivity contribution is 6.14. The number of amides is 1. The summed E-state index contributed by atoms with van der Waals surface area (Å²) in [6, 6.07) is 0. The van der Waals surface area contributed by atoms with E-state index in [0.29, 0.717) is 17.8 Å². The summed E-state index contributed by atoms with van der Waals surface area (Å²) in [5, 5.41) is 13.9. The normalized spacial score (nSPS) is 21.6. The topological polar surface area (TPSA) is 52.6 Å². The molecule has 1 amide bonds. The van der Waals surface area contributed by atoms with Crippen molar-refractivity contribution in [2.24, 2.45) is 17.8 Å². The molecule has 0 aromatic carbocycles. The quantitative estimate of drug-likeness (QED) is 0.469. The molecule has 0 bridgehead atoms. The summed E-state index contributed by atoms with van der Waals surface area (Å²) >= 11 is 0. The second kappa shape index (κ2) is 9.41. The van der Waals surface area contributed by atoms with Crippen molar-refractivity contribution in [2.45, 2.75) is 84.2 Å². The zero-order valence-electron chi connectivity index (χ0n) is 17.6. The molecule has 1 heterocycles. The van der Waals surface area contributed by atoms with Crippen molar-refractivity contribution < 1.29 is 9.90 Å². The van der Waals surface area contributed by atoms with E-state index in [1.807, 2.05) is 0 Å². The average molecular weight is 352 g/mol. The molecule has 1 aliphatic rings. The number of nitrogens with one attached hydrogen (secondary N) is 1. The molecule has 0 aromatic rings. The maximum Gasteiger partial charge on any atom is 0.207 e. The molecule has 2 N–H and O–H groups in total. The van der Waals surface area contributed by atoms with Crippen LogP contribution in [0.2, 0.25) is 5.31 Å². The van der Waals surface area contributed by atoms with Crippen LogP contribution in [-0.2, 0) is 4.79 Å². The molecule has 4 nitrogen and oxygen atoms in total. The number of likely N-dealkylation sites (tertiary alicyclic amines) is 1. The molecule has 1 fully saturated rings. The van der Waals surface area contributed by atoms with Crippen molar-refractivity contribution in [3.63, 3.8) is 0 Å². The van der Waals surface area contributed by atoms with Gasteiger partial charge in [-0.15, -0.1) is 0 Å². The number of aliphatic hydroxyl groups excluding tert-OH is 1. The minimum absolute atomic E-state index is 0.102. The number of rotatable bonds is 10. The van der Waals surface area contributed by atoms with E-state index in [2.05, 4.69) is 59.6 Å². The van der Waals surface area contributed by atoms with Gasteiger partial charge >= 0.3 is 0 Å². The van der Waals surface area contributed by atoms with Gasteiger partial charge in [-0.05, 0) is 64.0 Å². The third-order valence-corrected chi connectivity index (χ3v) is 5.88. The fourth-order valence-electron chi connectivity index (χ4n) is 4.64. The molecule has 25 heavy (non-hydrogen) atoms. The van der Waals surface area contributed by atoms with Gasteiger partial charge in [-0.3, -0.25) is 9.69 Å². The smallest absolute Gasteiger partial charge is 0.207 e. The summed E-state index contributed by atoms with van der Waals surface area (Å²) in [4.78, 5) is 13.0. The summed E-state index contributed by atoms with van der Waals surface area (Å²) in [7, 11) is 2.24. The summed E-state index contributed by atoms with van der Waals surface area (Å²) < 4.78 is 0. The van der Waals surface area contributed by atoms with Gasteiger partial charge in [0.15, 0.2) is 0 Å². The lowest BCUT2D eigenvalue weighted by Gasteiger charge is -2.45. The Bertz CT molecular complexity index is 401. The minimum atomic E-state index is -0.243. The molecule has 0 aromatic heterocycles. The van der Waals surface area contributed by atoms with Crippen LogP contribution >= 0.6 is 0 Å². The van der Waals surface area contributed by atoms with Gasteiger partial charge in [0.25, 0.3) is 0 Å². The van der Waals surface area contributed by atoms with E-state index >= 15 is 0 Å². The predicted octanol–water partition coefficient (Wildman–Crippen LogP) is 2.47. The maximum absolute atomic E-state index is 10.8. The largest absolute Gasteiger partial charge is 0.393 e. The number of piperidine rings is 1. The molecule has 0 aliphatic carbocycles. The third-order valence-electron chi connectivity index (χ3n) is 5.88. The van der Waals surface area contributed by atoms with Gasteiger partial charge in [0, 0.05) is 12.1 Å². The van der Waals surface area contributed by atoms with E-state index in [1.165, 1.54) is 0 Å². The van der Waals surface area contributed by atoms with Gasteiger partial charge in [-0.25, -0.2) is 0 Å². The summed E-state index contributed by atoms with van der Waals surface area (Å²) in [6.07, 6.45) is 4.91. The molecule has 1 rings (SSSR count). The van der Waals surface area contributed by atoms with E-state index < -0.39 is 0 Å². The molecule has 3 atom stereocenters. The van der Waals surface area contributed by atoms with Crippen LogP contribution in [0.5, 0.6) is 0 Å². The van der Waals surface area contributed by atoms with Gasteiger partial charge in [-0.2, -0.15) is 0 Å². The Balaban J connectivity index is 2.52. The van der Waals surface area contributed by atoms with Crippen LogP contribution in [0.25, 0.3) is 0 Å². The monoisotopic (exact) mass is 352 g/mol. The SMILES string of the molecule is BC(C)(C)CC(C)C(O)C(C)CC(C)(C)N1CCC(CNC=O)CC1. The lowest BCUT2D eigenvalue weighted by atomic mass is 9.65. The lowest BCUT2D eigenvalue weighted by Crippen LogP contribution is -2.50. The molecule has 1 aliphatic heterocycles. The number of aliphatic hydroxyl groups is 1. The Morgan fingerprint density at radius 1 is 1.16 bits per heavy atom. The van der Waals surface area contributed by atoms with E-state index in [4.69, 9.17) is 0 Å². The van der Waals surface area contributed by atoms with E-state index in [-0.39, 0.29) is 17.0 Å². The molecule has 146 valence electrons. The van der Waals surface area contributed by atoms with Crippen LogP contribution in [0.15, 0.2) is 0 Å². The maximum atomic E-state index is 10.8. The Labute approximate surface area is 156 Å². The first kappa shape index (κ1) is 22.5. The number of hydrogen-bond donors (Lipinski definition) is 2. The molecule has 0 spiro atoms. The fraction of sp³-hybridized carbons (Fsp3) is 0.950. The zero-order chi connectivity index (χ0) is 19.3. The number of carbonyl (C=O) groups is 1. The highest BCUT2D eigenvalue weighted by Gasteiger charge is 2.35. The zero-order valence-corrected chi connectivity index (χ0v) is 17.6. The van der Waals surface area contributed by atoms with Gasteiger partial charge in [0.05, 0.1) is 6.10 Å². The van der Waals surface area contributed by atoms with Gasteiger partial charge in [0.2, 0.25) is 6.41 Å². The van der Waals surface area contributed by atoms with Crippen LogP contribution < -0.4 is 5.32 Å². The van der Waals surface area contributed by atoms with Crippen molar-refractivity contribution >= 4 is 14.3 Å². The highest BCUT2D eigenvalue weighted by atomic mass is 16.3. The van der Waals surface area contributed by atoms with Crippen molar-refractivity contribution in [1.82, 2.24) is 10.2 Å². The van der Waals surface area contributed by atoms with Gasteiger partial charge < -0.3 is 10.4 Å². The Morgan fingerprint density at radius 3 is 2.16 bits per heavy atom. The first-order valence-electron chi connectivity index (χ1n) is 10.1. The molecule has 0 saturated carbocycles. The van der Waals surface area contributed by atoms with Gasteiger partial charge in [0.1, 0.15) is 7.85 Å². The first-order valence-corrected chi connectivity index (χ1v) is 10.1. The van der Waals surface area contributed by atoms with Crippen molar-refractivity contribution in [1.29, 1.82) is 0 Å². The predicted molar refractivity (Wildman–Crippen MR) is 109 cm³/mol. The molecule has 1 saturated heterocycles. The van der Waals surface area contributed by atoms with Crippen LogP contribution in [0, 0.1) is 17.8 Å². The van der Waals surface area contributed by atoms with Crippen LogP contribution in [-0.4, -0.2) is 55.5 Å². The molecule has 3 unspecified atom stereocenters. The first-order chi connectivity index (χ1) is 11.5. The second-order valence-corrected chi connectivity index (χ2v) is 10.2. The summed E-state index contributed by atoms with van der Waals surface area (Å²) in [5.41, 5.74) is 0.102. The third kappa shape index (κ3) is 7.70. The average Bonchev–Trinajstić information content (AvgIpc) is 2.50. The number of nitrogens with zero attached hydrogens (tertiary/aromatic N) is 1. The van der Waals surface area contributed by atoms with Crippen LogP contribution in [0.1, 0.15) is 67.2 Å². The summed E-state index contributed by atoms with van der Waals surface area (Å²) in [5.74, 6) is 1.22. The molecule has 5 heteroatoms. The standard InChI is InChI=1S/C20H41BN2O2/c1-15(11-19(3,4)21)18(25)16(2)12-20(5,6)23-9-7-17(8-10-23)13-22-14-24/h14-18,25H,7-13,21H2,1-6H3,(H,22,24). The van der Waals surface area contributed by atoms with Crippen LogP contribution in [0.3, 0.4) is 0 Å². The molecular weight excluding hydrogens is 311 g/mol. The molecule has 0 radical (unpaired) electrons. The van der Waals surface area contributed by atoms with E-state index in [9.17, 15) is 9.90 Å². The highest BCUT2D eigenvalue weighted by Crippen LogP contribution is 2.35. The lowest BCUT2D eigenvalue weighted by molar-refractivity contribution is -0.109. The van der Waals surface area contributed by atoms with Crippen molar-refractivity contribution in [2.75, 3.05) is 19.6 Å². The number of carbonyl (C=O) groups excluding carboxylic acids is 1. The Morgan fingerprint density at radius 2 is 1.68 bits per heavy atom. The fourth-order valence-corrected chi connectivity index (χ4v) is 4.64. The number of hydrogen-bond acceptors (Lipinski definition) is 3. The Hall–Kier alpha value is -0.545. The molecular formula is C20H41BN2O2. The van der Waals surface area contributed by atoms with Crippen LogP contribution in [0.4, 0.5) is 0 Å². The second-order valence-electron chi connectivity index (χ2n) is 10.2. The Kier molecular flexibility index (Phi) is 8.47.